The molecule has 0 heterocycles. The fourth-order valence-corrected chi connectivity index (χ4v) is 12.2. The third-order valence-electron chi connectivity index (χ3n) is 12.7. The van der Waals surface area contributed by atoms with Crippen LogP contribution in [0, 0.1) is 20.8 Å². The molecule has 0 spiro atoms. The highest BCUT2D eigenvalue weighted by Crippen LogP contribution is 2.42. The van der Waals surface area contributed by atoms with Crippen molar-refractivity contribution >= 4 is 51.8 Å². The molecule has 0 aromatic heterocycles. The van der Waals surface area contributed by atoms with E-state index in [1.165, 1.54) is 32.6 Å². The molecule has 0 amide bonds. The summed E-state index contributed by atoms with van der Waals surface area (Å²) in [5, 5.41) is 4.49. The minimum atomic E-state index is -6.13. The SMILES string of the molecule is Cc1ccccc1[PH+](c1ccccc1C)c1ccccc1C.FC(F)(F)c1cc([B-](c2cc(C(F)(F)F)cc(C(F)(F)F)c2)(c2cc(C(F)(F)F)cc(C(F)(F)F)c2)c2cc(C(F)(F)F)cc(C(F)(F)F)c2)cc(C(F)(F)F)c1. The lowest BCUT2D eigenvalue weighted by atomic mass is 9.12. The first-order valence-electron chi connectivity index (χ1n) is 22.4. The van der Waals surface area contributed by atoms with Gasteiger partial charge in [-0.2, -0.15) is 127 Å². The number of hydrogen-bond donors (Lipinski definition) is 0. The number of aryl methyl sites for hydroxylation is 3. The molecule has 26 heteroatoms. The highest BCUT2D eigenvalue weighted by Gasteiger charge is 2.47. The second kappa shape index (κ2) is 21.4. The molecule has 0 saturated carbocycles. The van der Waals surface area contributed by atoms with Crippen LogP contribution >= 0.6 is 7.92 Å². The van der Waals surface area contributed by atoms with Crippen LogP contribution in [0.3, 0.4) is 0 Å². The lowest BCUT2D eigenvalue weighted by Gasteiger charge is -2.46. The molecule has 0 nitrogen and oxygen atoms in total. The molecular weight excluding hydrogens is 1130 g/mol. The zero-order chi connectivity index (χ0) is 59.4. The molecule has 7 rings (SSSR count). The number of rotatable bonds is 7. The van der Waals surface area contributed by atoms with Crippen LogP contribution in [0.1, 0.15) is 61.2 Å². The predicted molar refractivity (Wildman–Crippen MR) is 251 cm³/mol. The van der Waals surface area contributed by atoms with Crippen molar-refractivity contribution < 1.29 is 105 Å². The van der Waals surface area contributed by atoms with Gasteiger partial charge in [0.25, 0.3) is 0 Å². The Hall–Kier alpha value is -6.65. The Kier molecular flexibility index (Phi) is 16.7. The van der Waals surface area contributed by atoms with Gasteiger partial charge in [0, 0.05) is 0 Å². The van der Waals surface area contributed by atoms with E-state index in [2.05, 4.69) is 93.6 Å². The standard InChI is InChI=1S/C32H12BF24.C21H21P/c34-25(35,36)13-1-14(26(37,38)39)6-21(5-13)33(22-7-15(27(40,41)42)2-16(8-22)28(43,44)45,23-9-17(29(46,47)48)3-18(10-23)30(49,50)51)24-11-19(31(52,53)54)4-20(12-24)32(55,56)57;1-16-10-4-7-13-19(16)22(20-14-8-5-11-17(20)2)21-15-9-6-12-18(21)3/h1-12H;4-15H,1-3H3/q-1;/p+1. The summed E-state index contributed by atoms with van der Waals surface area (Å²) in [6, 6.07) is 17.7. The van der Waals surface area contributed by atoms with Crippen molar-refractivity contribution in [3.8, 4) is 0 Å². The van der Waals surface area contributed by atoms with E-state index in [1.54, 1.807) is 0 Å². The van der Waals surface area contributed by atoms with Crippen molar-refractivity contribution in [2.75, 3.05) is 0 Å². The monoisotopic (exact) mass is 1170 g/mol. The van der Waals surface area contributed by atoms with Gasteiger partial charge in [-0.1, -0.05) is 103 Å². The average molecular weight is 1170 g/mol. The largest absolute Gasteiger partial charge is 0.416 e. The molecule has 422 valence electrons. The van der Waals surface area contributed by atoms with Crippen molar-refractivity contribution in [2.24, 2.45) is 0 Å². The molecule has 0 saturated heterocycles. The topological polar surface area (TPSA) is 0 Å². The number of halogens is 24. The number of hydrogen-bond acceptors (Lipinski definition) is 0. The zero-order valence-corrected chi connectivity index (χ0v) is 41.0. The van der Waals surface area contributed by atoms with Gasteiger partial charge in [-0.25, -0.2) is 0 Å². The molecule has 0 aliphatic heterocycles. The quantitative estimate of drug-likeness (QED) is 0.0848. The van der Waals surface area contributed by atoms with Crippen LogP contribution in [0.25, 0.3) is 0 Å². The van der Waals surface area contributed by atoms with Crippen LogP contribution in [0.5, 0.6) is 0 Å². The number of benzene rings is 7. The molecule has 79 heavy (non-hydrogen) atoms. The van der Waals surface area contributed by atoms with Gasteiger partial charge < -0.3 is 0 Å². The molecule has 0 atom stereocenters. The van der Waals surface area contributed by atoms with E-state index in [4.69, 9.17) is 0 Å². The molecule has 0 N–H and O–H groups in total. The molecule has 0 aliphatic rings. The van der Waals surface area contributed by atoms with Crippen molar-refractivity contribution in [3.05, 3.63) is 207 Å². The number of alkyl halides is 24. The maximum atomic E-state index is 14.2. The molecule has 7 aromatic carbocycles. The Morgan fingerprint density at radius 3 is 0.532 bits per heavy atom. The molecule has 0 unspecified atom stereocenters. The third-order valence-corrected chi connectivity index (χ3v) is 16.0. The van der Waals surface area contributed by atoms with E-state index >= 15 is 0 Å². The van der Waals surface area contributed by atoms with Crippen LogP contribution in [0.4, 0.5) is 105 Å². The minimum Gasteiger partial charge on any atom is -0.194 e. The fourth-order valence-electron chi connectivity index (χ4n) is 9.07. The summed E-state index contributed by atoms with van der Waals surface area (Å²) in [7, 11) is -0.968. The summed E-state index contributed by atoms with van der Waals surface area (Å²) < 4.78 is 341. The molecule has 0 bridgehead atoms. The van der Waals surface area contributed by atoms with Gasteiger partial charge in [-0.05, 0) is 79.9 Å². The maximum absolute atomic E-state index is 14.2. The van der Waals surface area contributed by atoms with E-state index in [-0.39, 0.29) is 0 Å². The van der Waals surface area contributed by atoms with Crippen molar-refractivity contribution in [1.82, 2.24) is 0 Å². The molecular formula is C53H34BF24P. The van der Waals surface area contributed by atoms with E-state index in [9.17, 15) is 105 Å². The summed E-state index contributed by atoms with van der Waals surface area (Å²) in [5.41, 5.74) is -26.0. The predicted octanol–water partition coefficient (Wildman–Crippen LogP) is 15.3. The average Bonchev–Trinajstić information content (AvgIpc) is 3.31. The molecule has 0 radical (unpaired) electrons. The third kappa shape index (κ3) is 13.7. The lowest BCUT2D eigenvalue weighted by Crippen LogP contribution is -2.75. The Balaban J connectivity index is 0.000000378. The Labute approximate surface area is 433 Å². The second-order valence-corrected chi connectivity index (χ2v) is 20.4. The molecule has 7 aromatic rings. The summed E-state index contributed by atoms with van der Waals surface area (Å²) in [6.07, 6.45) is -54.8. The summed E-state index contributed by atoms with van der Waals surface area (Å²) in [5.74, 6) is 0. The van der Waals surface area contributed by atoms with Gasteiger partial charge in [0.15, 0.2) is 0 Å². The molecule has 0 aliphatic carbocycles. The van der Waals surface area contributed by atoms with Crippen molar-refractivity contribution in [1.29, 1.82) is 0 Å². The van der Waals surface area contributed by atoms with E-state index in [0.29, 0.717) is 0 Å². The minimum absolute atomic E-state index is 0.691. The zero-order valence-electron chi connectivity index (χ0n) is 40.0. The second-order valence-electron chi connectivity index (χ2n) is 18.0. The highest BCUT2D eigenvalue weighted by molar-refractivity contribution is 7.80. The summed E-state index contributed by atoms with van der Waals surface area (Å²) in [6.45, 7) is 6.70. The van der Waals surface area contributed by atoms with Gasteiger partial charge in [-0.15, -0.1) is 0 Å². The fraction of sp³-hybridized carbons (Fsp3) is 0.208. The van der Waals surface area contributed by atoms with Crippen LogP contribution in [-0.4, -0.2) is 6.15 Å². The van der Waals surface area contributed by atoms with Crippen LogP contribution in [0.15, 0.2) is 146 Å². The summed E-state index contributed by atoms with van der Waals surface area (Å²) >= 11 is 0. The normalized spacial score (nSPS) is 13.4. The van der Waals surface area contributed by atoms with E-state index in [1.807, 2.05) is 0 Å². The van der Waals surface area contributed by atoms with Crippen molar-refractivity contribution in [3.63, 3.8) is 0 Å². The van der Waals surface area contributed by atoms with Gasteiger partial charge in [-0.3, -0.25) is 0 Å². The van der Waals surface area contributed by atoms with Crippen molar-refractivity contribution in [2.45, 2.75) is 70.2 Å². The van der Waals surface area contributed by atoms with Crippen LogP contribution in [0.2, 0.25) is 0 Å². The van der Waals surface area contributed by atoms with Gasteiger partial charge in [0.1, 0.15) is 22.1 Å². The van der Waals surface area contributed by atoms with Crippen LogP contribution in [-0.2, 0) is 49.4 Å². The van der Waals surface area contributed by atoms with E-state index in [0.717, 1.165) is 0 Å². The Bertz CT molecular complexity index is 2790. The van der Waals surface area contributed by atoms with Gasteiger partial charge in [0.05, 0.1) is 52.4 Å². The van der Waals surface area contributed by atoms with Gasteiger partial charge in [0.2, 0.25) is 0 Å². The van der Waals surface area contributed by atoms with Crippen LogP contribution < -0.4 is 37.8 Å². The smallest absolute Gasteiger partial charge is 0.194 e. The Morgan fingerprint density at radius 1 is 0.241 bits per heavy atom. The summed E-state index contributed by atoms with van der Waals surface area (Å²) in [4.78, 5) is 0. The van der Waals surface area contributed by atoms with E-state index < -0.39 is 203 Å². The molecule has 0 fully saturated rings. The first-order chi connectivity index (χ1) is 35.9. The van der Waals surface area contributed by atoms with Gasteiger partial charge >= 0.3 is 49.4 Å². The first kappa shape index (κ1) is 61.6. The Morgan fingerprint density at radius 2 is 0.392 bits per heavy atom. The highest BCUT2D eigenvalue weighted by atomic mass is 31.1. The maximum Gasteiger partial charge on any atom is 0.416 e. The lowest BCUT2D eigenvalue weighted by molar-refractivity contribution is -0.144. The first-order valence-corrected chi connectivity index (χ1v) is 23.9.